The third-order valence-corrected chi connectivity index (χ3v) is 5.94. The number of benzene rings is 2. The van der Waals surface area contributed by atoms with Crippen molar-refractivity contribution >= 4 is 35.2 Å². The molecule has 1 N–H and O–H groups in total. The van der Waals surface area contributed by atoms with Gasteiger partial charge in [0.15, 0.2) is 0 Å². The lowest BCUT2D eigenvalue weighted by Crippen LogP contribution is -2.50. The third-order valence-electron chi connectivity index (χ3n) is 4.65. The molecular weight excluding hydrogens is 416 g/mol. The van der Waals surface area contributed by atoms with Crippen LogP contribution in [0.2, 0.25) is 5.02 Å². The van der Waals surface area contributed by atoms with Crippen molar-refractivity contribution in [3.63, 3.8) is 0 Å². The van der Waals surface area contributed by atoms with E-state index in [1.165, 1.54) is 5.56 Å². The molecule has 0 saturated heterocycles. The molecule has 0 aliphatic carbocycles. The average molecular weight is 447 g/mol. The van der Waals surface area contributed by atoms with Crippen LogP contribution in [0.3, 0.4) is 0 Å². The minimum Gasteiger partial charge on any atom is -0.352 e. The van der Waals surface area contributed by atoms with Crippen molar-refractivity contribution in [3.05, 3.63) is 70.7 Å². The van der Waals surface area contributed by atoms with Crippen molar-refractivity contribution in [3.8, 4) is 0 Å². The molecule has 2 amide bonds. The molecule has 2 aromatic carbocycles. The second-order valence-electron chi connectivity index (χ2n) is 7.52. The molecule has 6 heteroatoms. The van der Waals surface area contributed by atoms with Gasteiger partial charge in [0.25, 0.3) is 0 Å². The Morgan fingerprint density at radius 1 is 1.03 bits per heavy atom. The Balaban J connectivity index is 2.05. The van der Waals surface area contributed by atoms with E-state index in [1.807, 2.05) is 63.2 Å². The highest BCUT2D eigenvalue weighted by molar-refractivity contribution is 7.98. The number of amides is 2. The maximum absolute atomic E-state index is 13.1. The smallest absolute Gasteiger partial charge is 0.243 e. The number of thioether (sulfide) groups is 1. The van der Waals surface area contributed by atoms with Crippen LogP contribution in [-0.4, -0.2) is 34.6 Å². The van der Waals surface area contributed by atoms with E-state index in [4.69, 9.17) is 11.6 Å². The standard InChI is InChI=1S/C24H31ClN2O2S/c1-4-22(24(29)26-18(2)3)27(16-19-10-12-21(25)13-11-19)23(28)14-15-30-17-20-8-6-5-7-9-20/h5-13,18,22H,4,14-17H2,1-3H3,(H,26,29)/t22-/m1/s1. The van der Waals surface area contributed by atoms with Crippen LogP contribution in [0, 0.1) is 0 Å². The van der Waals surface area contributed by atoms with Crippen LogP contribution in [0.1, 0.15) is 44.7 Å². The highest BCUT2D eigenvalue weighted by Crippen LogP contribution is 2.18. The molecule has 0 radical (unpaired) electrons. The lowest BCUT2D eigenvalue weighted by molar-refractivity contribution is -0.141. The van der Waals surface area contributed by atoms with Crippen molar-refractivity contribution in [1.82, 2.24) is 10.2 Å². The van der Waals surface area contributed by atoms with Crippen LogP contribution in [0.4, 0.5) is 0 Å². The largest absolute Gasteiger partial charge is 0.352 e. The summed E-state index contributed by atoms with van der Waals surface area (Å²) in [6.07, 6.45) is 0.964. The van der Waals surface area contributed by atoms with Gasteiger partial charge in [-0.05, 0) is 43.5 Å². The van der Waals surface area contributed by atoms with Crippen LogP contribution in [-0.2, 0) is 21.9 Å². The van der Waals surface area contributed by atoms with Crippen molar-refractivity contribution < 1.29 is 9.59 Å². The van der Waals surface area contributed by atoms with E-state index in [-0.39, 0.29) is 17.9 Å². The van der Waals surface area contributed by atoms with Crippen LogP contribution in [0.5, 0.6) is 0 Å². The van der Waals surface area contributed by atoms with E-state index in [1.54, 1.807) is 16.7 Å². The Hall–Kier alpha value is -1.98. The molecule has 0 aliphatic rings. The maximum Gasteiger partial charge on any atom is 0.243 e. The molecular formula is C24H31ClN2O2S. The Morgan fingerprint density at radius 2 is 1.70 bits per heavy atom. The van der Waals surface area contributed by atoms with E-state index in [0.717, 1.165) is 11.3 Å². The summed E-state index contributed by atoms with van der Waals surface area (Å²) in [6.45, 7) is 6.19. The molecule has 4 nitrogen and oxygen atoms in total. The van der Waals surface area contributed by atoms with E-state index >= 15 is 0 Å². The molecule has 162 valence electrons. The monoisotopic (exact) mass is 446 g/mol. The first-order valence-corrected chi connectivity index (χ1v) is 11.9. The number of carbonyl (C=O) groups excluding carboxylic acids is 2. The zero-order chi connectivity index (χ0) is 21.9. The summed E-state index contributed by atoms with van der Waals surface area (Å²) < 4.78 is 0. The molecule has 2 aromatic rings. The topological polar surface area (TPSA) is 49.4 Å². The third kappa shape index (κ3) is 8.04. The number of hydrogen-bond acceptors (Lipinski definition) is 3. The zero-order valence-electron chi connectivity index (χ0n) is 17.9. The molecule has 0 bridgehead atoms. The number of nitrogens with one attached hydrogen (secondary N) is 1. The number of halogens is 1. The van der Waals surface area contributed by atoms with Gasteiger partial charge in [-0.3, -0.25) is 9.59 Å². The Kier molecular flexibility index (Phi) is 10.2. The van der Waals surface area contributed by atoms with Gasteiger partial charge in [-0.25, -0.2) is 0 Å². The predicted molar refractivity (Wildman–Crippen MR) is 127 cm³/mol. The number of hydrogen-bond donors (Lipinski definition) is 1. The SMILES string of the molecule is CC[C@H](C(=O)NC(C)C)N(Cc1ccc(Cl)cc1)C(=O)CCSCc1ccccc1. The first kappa shape index (κ1) is 24.3. The van der Waals surface area contributed by atoms with Crippen molar-refractivity contribution in [1.29, 1.82) is 0 Å². The fourth-order valence-corrected chi connectivity index (χ4v) is 4.17. The van der Waals surface area contributed by atoms with E-state index < -0.39 is 6.04 Å². The highest BCUT2D eigenvalue weighted by atomic mass is 35.5. The summed E-state index contributed by atoms with van der Waals surface area (Å²) >= 11 is 7.73. The van der Waals surface area contributed by atoms with Gasteiger partial charge in [0.1, 0.15) is 6.04 Å². The first-order chi connectivity index (χ1) is 14.4. The fourth-order valence-electron chi connectivity index (χ4n) is 3.15. The second kappa shape index (κ2) is 12.7. The molecule has 0 aliphatic heterocycles. The van der Waals surface area contributed by atoms with Gasteiger partial charge in [0, 0.05) is 35.5 Å². The number of carbonyl (C=O) groups is 2. The minimum absolute atomic E-state index is 0.00346. The Morgan fingerprint density at radius 3 is 2.30 bits per heavy atom. The molecule has 30 heavy (non-hydrogen) atoms. The first-order valence-electron chi connectivity index (χ1n) is 10.4. The Labute approximate surface area is 189 Å². The van der Waals surface area contributed by atoms with Crippen LogP contribution < -0.4 is 5.32 Å². The molecule has 0 spiro atoms. The van der Waals surface area contributed by atoms with Gasteiger partial charge in [0.2, 0.25) is 11.8 Å². The van der Waals surface area contributed by atoms with Gasteiger partial charge >= 0.3 is 0 Å². The summed E-state index contributed by atoms with van der Waals surface area (Å²) in [4.78, 5) is 27.6. The maximum atomic E-state index is 13.1. The molecule has 2 rings (SSSR count). The van der Waals surface area contributed by atoms with Crippen molar-refractivity contribution in [2.75, 3.05) is 5.75 Å². The second-order valence-corrected chi connectivity index (χ2v) is 9.07. The quantitative estimate of drug-likeness (QED) is 0.477. The van der Waals surface area contributed by atoms with Gasteiger partial charge in [-0.15, -0.1) is 0 Å². The van der Waals surface area contributed by atoms with E-state index in [9.17, 15) is 9.59 Å². The normalized spacial score (nSPS) is 11.9. The summed E-state index contributed by atoms with van der Waals surface area (Å²) in [7, 11) is 0. The zero-order valence-corrected chi connectivity index (χ0v) is 19.5. The average Bonchev–Trinajstić information content (AvgIpc) is 2.72. The molecule has 0 saturated carbocycles. The minimum atomic E-state index is -0.491. The van der Waals surface area contributed by atoms with Gasteiger partial charge < -0.3 is 10.2 Å². The van der Waals surface area contributed by atoms with Gasteiger partial charge in [-0.2, -0.15) is 11.8 Å². The summed E-state index contributed by atoms with van der Waals surface area (Å²) in [5, 5.41) is 3.61. The van der Waals surface area contributed by atoms with Crippen molar-refractivity contribution in [2.45, 2.75) is 58.0 Å². The fraction of sp³-hybridized carbons (Fsp3) is 0.417. The van der Waals surface area contributed by atoms with Gasteiger partial charge in [0.05, 0.1) is 0 Å². The molecule has 1 atom stereocenters. The molecule has 0 aromatic heterocycles. The van der Waals surface area contributed by atoms with Crippen LogP contribution >= 0.6 is 23.4 Å². The lowest BCUT2D eigenvalue weighted by Gasteiger charge is -2.31. The Bertz CT molecular complexity index is 797. The lowest BCUT2D eigenvalue weighted by atomic mass is 10.1. The van der Waals surface area contributed by atoms with Crippen LogP contribution in [0.25, 0.3) is 0 Å². The molecule has 0 unspecified atom stereocenters. The number of rotatable bonds is 11. The summed E-state index contributed by atoms with van der Waals surface area (Å²) in [5.41, 5.74) is 2.20. The molecule has 0 fully saturated rings. The predicted octanol–water partition coefficient (Wildman–Crippen LogP) is 5.30. The van der Waals surface area contributed by atoms with Crippen LogP contribution in [0.15, 0.2) is 54.6 Å². The number of nitrogens with zero attached hydrogens (tertiary/aromatic N) is 1. The van der Waals surface area contributed by atoms with E-state index in [0.29, 0.717) is 30.2 Å². The highest BCUT2D eigenvalue weighted by Gasteiger charge is 2.28. The van der Waals surface area contributed by atoms with Gasteiger partial charge in [-0.1, -0.05) is 61.0 Å². The summed E-state index contributed by atoms with van der Waals surface area (Å²) in [6, 6.07) is 17.2. The van der Waals surface area contributed by atoms with E-state index in [2.05, 4.69) is 17.4 Å². The summed E-state index contributed by atoms with van der Waals surface area (Å²) in [5.74, 6) is 1.48. The molecule has 0 heterocycles. The van der Waals surface area contributed by atoms with Crippen molar-refractivity contribution in [2.24, 2.45) is 0 Å².